The Labute approximate surface area is 114 Å². The highest BCUT2D eigenvalue weighted by molar-refractivity contribution is 9.10. The van der Waals surface area contributed by atoms with E-state index in [-0.39, 0.29) is 17.5 Å². The lowest BCUT2D eigenvalue weighted by Crippen LogP contribution is -2.30. The lowest BCUT2D eigenvalue weighted by atomic mass is 10.1. The fraction of sp³-hybridized carbons (Fsp3) is 0.417. The first kappa shape index (κ1) is 14.9. The predicted molar refractivity (Wildman–Crippen MR) is 71.9 cm³/mol. The van der Waals surface area contributed by atoms with Crippen LogP contribution in [0, 0.1) is 11.7 Å². The van der Waals surface area contributed by atoms with Gasteiger partial charge in [-0.1, -0.05) is 6.92 Å². The maximum absolute atomic E-state index is 13.1. The molecule has 0 heterocycles. The number of carbonyl (C=O) groups excluding carboxylic acids is 1. The van der Waals surface area contributed by atoms with Gasteiger partial charge in [0, 0.05) is 18.1 Å². The minimum atomic E-state index is -0.550. The number of hydrogen-bond donors (Lipinski definition) is 2. The van der Waals surface area contributed by atoms with Crippen LogP contribution < -0.4 is 11.1 Å². The van der Waals surface area contributed by atoms with Crippen molar-refractivity contribution < 1.29 is 13.9 Å². The van der Waals surface area contributed by atoms with E-state index in [2.05, 4.69) is 21.2 Å². The molecule has 1 unspecified atom stereocenters. The van der Waals surface area contributed by atoms with E-state index in [1.807, 2.05) is 6.92 Å². The molecule has 0 aliphatic rings. The molecule has 0 saturated heterocycles. The molecule has 4 nitrogen and oxygen atoms in total. The van der Waals surface area contributed by atoms with Gasteiger partial charge in [0.15, 0.2) is 0 Å². The molecule has 100 valence electrons. The van der Waals surface area contributed by atoms with Gasteiger partial charge in [-0.15, -0.1) is 0 Å². The van der Waals surface area contributed by atoms with Gasteiger partial charge in [0.25, 0.3) is 5.91 Å². The first-order valence-electron chi connectivity index (χ1n) is 5.47. The molecule has 18 heavy (non-hydrogen) atoms. The van der Waals surface area contributed by atoms with E-state index in [1.165, 1.54) is 12.1 Å². The zero-order chi connectivity index (χ0) is 13.7. The largest absolute Gasteiger partial charge is 0.396 e. The summed E-state index contributed by atoms with van der Waals surface area (Å²) in [6, 6.07) is 2.50. The van der Waals surface area contributed by atoms with Crippen molar-refractivity contribution in [1.29, 1.82) is 0 Å². The van der Waals surface area contributed by atoms with Crippen molar-refractivity contribution in [2.24, 2.45) is 5.92 Å². The zero-order valence-corrected chi connectivity index (χ0v) is 11.9. The highest BCUT2D eigenvalue weighted by atomic mass is 79.9. The molecule has 1 aromatic rings. The summed E-state index contributed by atoms with van der Waals surface area (Å²) in [6.45, 7) is 3.00. The van der Waals surface area contributed by atoms with E-state index < -0.39 is 5.82 Å². The summed E-state index contributed by atoms with van der Waals surface area (Å²) in [7, 11) is 1.61. The normalized spacial score (nSPS) is 12.2. The van der Waals surface area contributed by atoms with Crippen molar-refractivity contribution >= 4 is 27.5 Å². The molecule has 0 bridgehead atoms. The topological polar surface area (TPSA) is 64.3 Å². The second-order valence-electron chi connectivity index (χ2n) is 4.12. The number of ether oxygens (including phenoxy) is 1. The van der Waals surface area contributed by atoms with Gasteiger partial charge in [-0.25, -0.2) is 4.39 Å². The van der Waals surface area contributed by atoms with E-state index in [9.17, 15) is 9.18 Å². The molecule has 0 aromatic heterocycles. The lowest BCUT2D eigenvalue weighted by molar-refractivity contribution is 0.0933. The molecule has 1 atom stereocenters. The minimum absolute atomic E-state index is 0.0479. The second-order valence-corrected chi connectivity index (χ2v) is 4.98. The molecule has 1 amide bonds. The number of benzene rings is 1. The number of nitrogen functional groups attached to an aromatic ring is 1. The Morgan fingerprint density at radius 1 is 1.61 bits per heavy atom. The predicted octanol–water partition coefficient (Wildman–Crippen LogP) is 2.18. The Hall–Kier alpha value is -1.14. The van der Waals surface area contributed by atoms with E-state index >= 15 is 0 Å². The number of halogens is 2. The summed E-state index contributed by atoms with van der Waals surface area (Å²) in [5.41, 5.74) is 5.71. The molecule has 0 spiro atoms. The lowest BCUT2D eigenvalue weighted by Gasteiger charge is -2.12. The smallest absolute Gasteiger partial charge is 0.252 e. The van der Waals surface area contributed by atoms with E-state index in [1.54, 1.807) is 7.11 Å². The van der Waals surface area contributed by atoms with Gasteiger partial charge >= 0.3 is 0 Å². The van der Waals surface area contributed by atoms with Gasteiger partial charge in [0.1, 0.15) is 5.82 Å². The van der Waals surface area contributed by atoms with Crippen molar-refractivity contribution in [1.82, 2.24) is 5.32 Å². The number of anilines is 1. The highest BCUT2D eigenvalue weighted by Gasteiger charge is 2.14. The summed E-state index contributed by atoms with van der Waals surface area (Å²) < 4.78 is 18.5. The van der Waals surface area contributed by atoms with Crippen LogP contribution in [0.5, 0.6) is 0 Å². The summed E-state index contributed by atoms with van der Waals surface area (Å²) in [5.74, 6) is -0.641. The maximum atomic E-state index is 13.1. The van der Waals surface area contributed by atoms with Crippen molar-refractivity contribution in [3.8, 4) is 0 Å². The number of methoxy groups -OCH3 is 1. The molecule has 0 saturated carbocycles. The number of rotatable bonds is 5. The summed E-state index contributed by atoms with van der Waals surface area (Å²) in [6.07, 6.45) is 0. The zero-order valence-electron chi connectivity index (χ0n) is 10.3. The third-order valence-electron chi connectivity index (χ3n) is 2.39. The van der Waals surface area contributed by atoms with E-state index in [0.29, 0.717) is 23.2 Å². The number of nitrogens with two attached hydrogens (primary N) is 1. The van der Waals surface area contributed by atoms with Crippen LogP contribution in [0.15, 0.2) is 16.6 Å². The second kappa shape index (κ2) is 6.70. The Kier molecular flexibility index (Phi) is 5.55. The standard InChI is InChI=1S/C12H16BrFN2O2/c1-7(6-18-2)5-16-12(17)8-3-11(15)10(14)4-9(8)13/h3-4,7H,5-6,15H2,1-2H3,(H,16,17). The molecule has 6 heteroatoms. The quantitative estimate of drug-likeness (QED) is 0.818. The van der Waals surface area contributed by atoms with Crippen LogP contribution in [-0.2, 0) is 4.74 Å². The van der Waals surface area contributed by atoms with Crippen LogP contribution in [0.4, 0.5) is 10.1 Å². The molecule has 0 aliphatic heterocycles. The van der Waals surface area contributed by atoms with Crippen molar-refractivity contribution in [2.45, 2.75) is 6.92 Å². The molecule has 1 aromatic carbocycles. The number of hydrogen-bond acceptors (Lipinski definition) is 3. The minimum Gasteiger partial charge on any atom is -0.396 e. The Bertz CT molecular complexity index is 440. The third kappa shape index (κ3) is 3.96. The van der Waals surface area contributed by atoms with Crippen LogP contribution in [0.3, 0.4) is 0 Å². The van der Waals surface area contributed by atoms with Gasteiger partial charge in [-0.05, 0) is 34.0 Å². The molecule has 0 fully saturated rings. The van der Waals surface area contributed by atoms with Crippen LogP contribution in [-0.4, -0.2) is 26.2 Å². The van der Waals surface area contributed by atoms with Crippen LogP contribution in [0.1, 0.15) is 17.3 Å². The van der Waals surface area contributed by atoms with Gasteiger partial charge in [-0.3, -0.25) is 4.79 Å². The average Bonchev–Trinajstić information content (AvgIpc) is 2.31. The monoisotopic (exact) mass is 318 g/mol. The van der Waals surface area contributed by atoms with E-state index in [0.717, 1.165) is 0 Å². The summed E-state index contributed by atoms with van der Waals surface area (Å²) >= 11 is 3.14. The highest BCUT2D eigenvalue weighted by Crippen LogP contribution is 2.22. The number of amides is 1. The first-order chi connectivity index (χ1) is 8.45. The SMILES string of the molecule is COCC(C)CNC(=O)c1cc(N)c(F)cc1Br. The van der Waals surface area contributed by atoms with Gasteiger partial charge < -0.3 is 15.8 Å². The fourth-order valence-electron chi connectivity index (χ4n) is 1.45. The molecule has 3 N–H and O–H groups in total. The number of carbonyl (C=O) groups is 1. The van der Waals surface area contributed by atoms with Gasteiger partial charge in [0.05, 0.1) is 17.9 Å². The van der Waals surface area contributed by atoms with Gasteiger partial charge in [0.2, 0.25) is 0 Å². The van der Waals surface area contributed by atoms with Crippen molar-refractivity contribution in [2.75, 3.05) is 26.0 Å². The summed E-state index contributed by atoms with van der Waals surface area (Å²) in [5, 5.41) is 2.74. The maximum Gasteiger partial charge on any atom is 0.252 e. The molecule has 0 radical (unpaired) electrons. The number of nitrogens with one attached hydrogen (secondary N) is 1. The molecule has 0 aliphatic carbocycles. The Morgan fingerprint density at radius 3 is 2.89 bits per heavy atom. The fourth-order valence-corrected chi connectivity index (χ4v) is 1.94. The van der Waals surface area contributed by atoms with Crippen LogP contribution in [0.25, 0.3) is 0 Å². The molecular formula is C12H16BrFN2O2. The molecule has 1 rings (SSSR count). The molecular weight excluding hydrogens is 303 g/mol. The summed E-state index contributed by atoms with van der Waals surface area (Å²) in [4.78, 5) is 11.9. The van der Waals surface area contributed by atoms with Gasteiger partial charge in [-0.2, -0.15) is 0 Å². The van der Waals surface area contributed by atoms with Crippen molar-refractivity contribution in [3.63, 3.8) is 0 Å². The first-order valence-corrected chi connectivity index (χ1v) is 6.26. The third-order valence-corrected chi connectivity index (χ3v) is 3.05. The Morgan fingerprint density at radius 2 is 2.28 bits per heavy atom. The van der Waals surface area contributed by atoms with E-state index in [4.69, 9.17) is 10.5 Å². The average molecular weight is 319 g/mol. The van der Waals surface area contributed by atoms with Crippen LogP contribution in [0.2, 0.25) is 0 Å². The van der Waals surface area contributed by atoms with Crippen LogP contribution >= 0.6 is 15.9 Å². The Balaban J connectivity index is 2.70. The van der Waals surface area contributed by atoms with Crippen molar-refractivity contribution in [3.05, 3.63) is 28.0 Å².